The van der Waals surface area contributed by atoms with E-state index in [0.717, 1.165) is 52.2 Å². The van der Waals surface area contributed by atoms with Crippen molar-refractivity contribution in [2.75, 3.05) is 6.54 Å². The lowest BCUT2D eigenvalue weighted by atomic mass is 10.00. The van der Waals surface area contributed by atoms with Gasteiger partial charge in [-0.2, -0.15) is 5.21 Å². The van der Waals surface area contributed by atoms with Gasteiger partial charge in [0.2, 0.25) is 11.7 Å². The van der Waals surface area contributed by atoms with Crippen LogP contribution in [0.15, 0.2) is 51.4 Å². The summed E-state index contributed by atoms with van der Waals surface area (Å²) in [4.78, 5) is 26.5. The lowest BCUT2D eigenvalue weighted by molar-refractivity contribution is -0.137. The van der Waals surface area contributed by atoms with Crippen molar-refractivity contribution >= 4 is 39.0 Å². The summed E-state index contributed by atoms with van der Waals surface area (Å²) in [7, 11) is 0. The Balaban J connectivity index is 1.32. The molecule has 0 atom stereocenters. The van der Waals surface area contributed by atoms with Gasteiger partial charge in [-0.05, 0) is 77.4 Å². The van der Waals surface area contributed by atoms with Crippen molar-refractivity contribution in [3.05, 3.63) is 52.5 Å². The Hall–Kier alpha value is -3.73. The highest BCUT2D eigenvalue weighted by Gasteiger charge is 2.43. The molecule has 2 heterocycles. The second-order valence-corrected chi connectivity index (χ2v) is 10.9. The van der Waals surface area contributed by atoms with E-state index < -0.39 is 11.8 Å². The van der Waals surface area contributed by atoms with Crippen LogP contribution < -0.4 is 0 Å². The molecule has 2 fully saturated rings. The van der Waals surface area contributed by atoms with E-state index in [1.54, 1.807) is 4.90 Å². The van der Waals surface area contributed by atoms with Gasteiger partial charge < -0.3 is 19.2 Å². The molecule has 6 rings (SSSR count). The van der Waals surface area contributed by atoms with Crippen LogP contribution in [0, 0.1) is 5.92 Å². The van der Waals surface area contributed by atoms with Gasteiger partial charge in [-0.1, -0.05) is 30.3 Å². The van der Waals surface area contributed by atoms with Crippen molar-refractivity contribution in [2.24, 2.45) is 5.92 Å². The summed E-state index contributed by atoms with van der Waals surface area (Å²) in [5.74, 6) is 1.18. The Morgan fingerprint density at radius 2 is 1.92 bits per heavy atom. The molecule has 11 heteroatoms. The number of carbonyl (C=O) groups is 2. The molecule has 4 aromatic rings. The highest BCUT2D eigenvalue weighted by molar-refractivity contribution is 9.10. The first-order chi connectivity index (χ1) is 18.4. The van der Waals surface area contributed by atoms with E-state index >= 15 is 0 Å². The molecule has 196 valence electrons. The van der Waals surface area contributed by atoms with Crippen molar-refractivity contribution in [1.82, 2.24) is 25.5 Å². The number of carbonyl (C=O) groups excluding carboxylic acids is 1. The van der Waals surface area contributed by atoms with Crippen LogP contribution in [-0.4, -0.2) is 54.8 Å². The number of fused-ring (bicyclic) bond motifs is 1. The van der Waals surface area contributed by atoms with E-state index in [1.165, 1.54) is 0 Å². The second-order valence-electron chi connectivity index (χ2n) is 10.1. The van der Waals surface area contributed by atoms with E-state index in [0.29, 0.717) is 36.6 Å². The number of halogens is 1. The fraction of sp³-hybridized carbons (Fsp3) is 0.370. The molecule has 0 bridgehead atoms. The number of furan rings is 1. The maximum absolute atomic E-state index is 13.3. The predicted molar refractivity (Wildman–Crippen MR) is 141 cm³/mol. The first-order valence-electron chi connectivity index (χ1n) is 12.7. The number of ether oxygens (including phenoxy) is 1. The van der Waals surface area contributed by atoms with Crippen LogP contribution >= 0.6 is 15.9 Å². The highest BCUT2D eigenvalue weighted by atomic mass is 79.9. The Morgan fingerprint density at radius 1 is 1.16 bits per heavy atom. The molecule has 0 spiro atoms. The summed E-state index contributed by atoms with van der Waals surface area (Å²) in [5.41, 5.74) is 2.37. The van der Waals surface area contributed by atoms with Crippen molar-refractivity contribution < 1.29 is 23.8 Å². The number of hydrogen-bond acceptors (Lipinski definition) is 7. The van der Waals surface area contributed by atoms with Gasteiger partial charge in [-0.15, -0.1) is 10.2 Å². The molecule has 10 nitrogen and oxygen atoms in total. The minimum absolute atomic E-state index is 0.0101. The molecule has 0 saturated heterocycles. The smallest absolute Gasteiger partial charge is 0.455 e. The molecule has 2 aliphatic carbocycles. The van der Waals surface area contributed by atoms with Crippen molar-refractivity contribution in [1.29, 1.82) is 0 Å². The number of amides is 1. The predicted octanol–water partition coefficient (Wildman–Crippen LogP) is 5.79. The first-order valence-corrected chi connectivity index (χ1v) is 13.5. The summed E-state index contributed by atoms with van der Waals surface area (Å²) >= 11 is 3.73. The number of rotatable bonds is 8. The summed E-state index contributed by atoms with van der Waals surface area (Å²) in [6, 6.07) is 13.5. The van der Waals surface area contributed by atoms with Gasteiger partial charge >= 0.3 is 6.16 Å². The zero-order valence-electron chi connectivity index (χ0n) is 20.5. The van der Waals surface area contributed by atoms with E-state index in [2.05, 4.69) is 36.6 Å². The number of nitrogens with zero attached hydrogens (tertiary/aromatic N) is 4. The molecule has 0 aliphatic heterocycles. The first kappa shape index (κ1) is 24.6. The Bertz CT molecular complexity index is 1490. The SMILES string of the molecule is O=C(O)OC1(CN(Cc2ccc3oc(-c4ccccc4-c4nn[nH]n4)c(Br)c3c2)C(=O)C2CC2)CCCC1. The van der Waals surface area contributed by atoms with Crippen LogP contribution in [0.2, 0.25) is 0 Å². The van der Waals surface area contributed by atoms with Crippen molar-refractivity contribution in [2.45, 2.75) is 50.7 Å². The number of benzene rings is 2. The van der Waals surface area contributed by atoms with Crippen LogP contribution in [0.3, 0.4) is 0 Å². The molecule has 1 amide bonds. The van der Waals surface area contributed by atoms with Gasteiger partial charge in [0, 0.05) is 29.0 Å². The molecular formula is C27H26BrN5O5. The summed E-state index contributed by atoms with van der Waals surface area (Å²) in [6.07, 6.45) is 3.49. The maximum Gasteiger partial charge on any atom is 0.506 e. The molecule has 0 radical (unpaired) electrons. The standard InChI is InChI=1S/C27H26BrN5O5/c28-22-20-13-16(14-33(25(34)17-8-9-17)15-27(38-26(35)36)11-3-4-12-27)7-10-21(20)37-23(22)18-5-1-2-6-19(18)24-29-31-32-30-24/h1-2,5-7,10,13,17H,3-4,8-9,11-12,14-15H2,(H,35,36)(H,29,30,31,32). The van der Waals surface area contributed by atoms with Gasteiger partial charge in [0.05, 0.1) is 11.0 Å². The van der Waals surface area contributed by atoms with Gasteiger partial charge in [-0.3, -0.25) is 4.79 Å². The highest BCUT2D eigenvalue weighted by Crippen LogP contribution is 2.42. The molecular weight excluding hydrogens is 554 g/mol. The summed E-state index contributed by atoms with van der Waals surface area (Å²) in [5, 5.41) is 24.6. The zero-order chi connectivity index (χ0) is 26.3. The zero-order valence-corrected chi connectivity index (χ0v) is 22.1. The third-order valence-electron chi connectivity index (χ3n) is 7.36. The van der Waals surface area contributed by atoms with E-state index in [1.807, 2.05) is 42.5 Å². The van der Waals surface area contributed by atoms with Crippen LogP contribution in [0.4, 0.5) is 4.79 Å². The van der Waals surface area contributed by atoms with Crippen LogP contribution in [0.5, 0.6) is 0 Å². The molecule has 0 unspecified atom stereocenters. The van der Waals surface area contributed by atoms with Crippen molar-refractivity contribution in [3.8, 4) is 22.7 Å². The van der Waals surface area contributed by atoms with Gasteiger partial charge in [0.1, 0.15) is 16.9 Å². The fourth-order valence-electron chi connectivity index (χ4n) is 5.40. The number of carboxylic acid groups (broad SMARTS) is 1. The largest absolute Gasteiger partial charge is 0.506 e. The normalized spacial score (nSPS) is 16.6. The number of aromatic amines is 1. The third-order valence-corrected chi connectivity index (χ3v) is 8.15. The number of aromatic nitrogens is 4. The average molecular weight is 580 g/mol. The van der Waals surface area contributed by atoms with Crippen LogP contribution in [0.25, 0.3) is 33.7 Å². The van der Waals surface area contributed by atoms with Crippen LogP contribution in [0.1, 0.15) is 44.1 Å². The Morgan fingerprint density at radius 3 is 2.61 bits per heavy atom. The Kier molecular flexibility index (Phi) is 6.38. The summed E-state index contributed by atoms with van der Waals surface area (Å²) < 4.78 is 12.4. The van der Waals surface area contributed by atoms with E-state index in [4.69, 9.17) is 9.15 Å². The van der Waals surface area contributed by atoms with Gasteiger partial charge in [-0.25, -0.2) is 4.79 Å². The van der Waals surface area contributed by atoms with Gasteiger partial charge in [0.15, 0.2) is 0 Å². The number of H-pyrrole nitrogens is 1. The van der Waals surface area contributed by atoms with E-state index in [9.17, 15) is 14.7 Å². The molecule has 38 heavy (non-hydrogen) atoms. The molecule has 2 saturated carbocycles. The number of tetrazole rings is 1. The fourth-order valence-corrected chi connectivity index (χ4v) is 6.01. The number of nitrogens with one attached hydrogen (secondary N) is 1. The maximum atomic E-state index is 13.3. The second kappa shape index (κ2) is 9.86. The molecule has 2 aromatic carbocycles. The minimum Gasteiger partial charge on any atom is -0.455 e. The molecule has 2 N–H and O–H groups in total. The third kappa shape index (κ3) is 4.78. The molecule has 2 aromatic heterocycles. The van der Waals surface area contributed by atoms with Gasteiger partial charge in [0.25, 0.3) is 0 Å². The Labute approximate surface area is 226 Å². The monoisotopic (exact) mass is 579 g/mol. The minimum atomic E-state index is -1.29. The lowest BCUT2D eigenvalue weighted by Gasteiger charge is -2.34. The van der Waals surface area contributed by atoms with Crippen LogP contribution in [-0.2, 0) is 16.1 Å². The summed E-state index contributed by atoms with van der Waals surface area (Å²) in [6.45, 7) is 0.630. The number of hydrogen-bond donors (Lipinski definition) is 2. The average Bonchev–Trinajstić information content (AvgIpc) is 3.27. The topological polar surface area (TPSA) is 134 Å². The van der Waals surface area contributed by atoms with Crippen molar-refractivity contribution in [3.63, 3.8) is 0 Å². The van der Waals surface area contributed by atoms with E-state index in [-0.39, 0.29) is 18.4 Å². The quantitative estimate of drug-likeness (QED) is 0.250. The lowest BCUT2D eigenvalue weighted by Crippen LogP contribution is -2.47. The molecule has 2 aliphatic rings.